The van der Waals surface area contributed by atoms with Crippen LogP contribution in [0.5, 0.6) is 0 Å². The number of piperidine rings is 1. The van der Waals surface area contributed by atoms with Crippen LogP contribution >= 0.6 is 0 Å². The van der Waals surface area contributed by atoms with Gasteiger partial charge in [0, 0.05) is 38.2 Å². The zero-order chi connectivity index (χ0) is 25.0. The van der Waals surface area contributed by atoms with Crippen LogP contribution in [0.2, 0.25) is 0 Å². The minimum atomic E-state index is 0.308. The Morgan fingerprint density at radius 1 is 0.676 bits per heavy atom. The highest BCUT2D eigenvalue weighted by Gasteiger charge is 2.23. The summed E-state index contributed by atoms with van der Waals surface area (Å²) in [7, 11) is 0. The lowest BCUT2D eigenvalue weighted by Gasteiger charge is -2.32. The van der Waals surface area contributed by atoms with Gasteiger partial charge in [-0.2, -0.15) is 0 Å². The Kier molecular flexibility index (Phi) is 7.16. The molecule has 0 amide bonds. The zero-order valence-corrected chi connectivity index (χ0v) is 21.6. The van der Waals surface area contributed by atoms with Gasteiger partial charge in [-0.15, -0.1) is 0 Å². The van der Waals surface area contributed by atoms with Gasteiger partial charge in [0.1, 0.15) is 0 Å². The predicted octanol–water partition coefficient (Wildman–Crippen LogP) is 7.23. The molecular weight excluding hydrogens is 452 g/mol. The smallest absolute Gasteiger partial charge is 0.163 e. The van der Waals surface area contributed by atoms with E-state index >= 15 is 0 Å². The molecule has 0 aromatic heterocycles. The van der Waals surface area contributed by atoms with Crippen molar-refractivity contribution in [2.45, 2.75) is 51.9 Å². The summed E-state index contributed by atoms with van der Waals surface area (Å²) in [6.45, 7) is 6.11. The Morgan fingerprint density at radius 3 is 1.97 bits per heavy atom. The summed E-state index contributed by atoms with van der Waals surface area (Å²) >= 11 is 0. The van der Waals surface area contributed by atoms with E-state index in [-0.39, 0.29) is 0 Å². The summed E-state index contributed by atoms with van der Waals surface area (Å²) in [6, 6.07) is 32.3. The molecule has 0 N–H and O–H groups in total. The van der Waals surface area contributed by atoms with Gasteiger partial charge < -0.3 is 0 Å². The number of carbonyl (C=O) groups excluding carboxylic acids is 1. The first kappa shape index (κ1) is 24.1. The molecule has 0 spiro atoms. The number of rotatable bonds is 8. The van der Waals surface area contributed by atoms with E-state index in [9.17, 15) is 4.79 Å². The molecule has 4 aromatic rings. The summed E-state index contributed by atoms with van der Waals surface area (Å²) < 4.78 is 0. The van der Waals surface area contributed by atoms with E-state index in [1.165, 1.54) is 40.5 Å². The van der Waals surface area contributed by atoms with Gasteiger partial charge in [0.15, 0.2) is 5.78 Å². The summed E-state index contributed by atoms with van der Waals surface area (Å²) in [6.07, 6.45) is 4.05. The molecule has 2 heterocycles. The zero-order valence-electron chi connectivity index (χ0n) is 21.6. The molecule has 6 rings (SSSR count). The van der Waals surface area contributed by atoms with Gasteiger partial charge in [-0.1, -0.05) is 91.0 Å². The van der Waals surface area contributed by atoms with E-state index in [1.54, 1.807) is 0 Å². The maximum absolute atomic E-state index is 13.4. The molecule has 0 atom stereocenters. The predicted molar refractivity (Wildman–Crippen MR) is 151 cm³/mol. The third kappa shape index (κ3) is 5.53. The molecule has 0 bridgehead atoms. The maximum Gasteiger partial charge on any atom is 0.163 e. The number of Topliss-reactive ketones (excluding diaryl/α,β-unsaturated/α-hetero) is 1. The number of nitrogens with zero attached hydrogens (tertiary/aromatic N) is 2. The molecule has 2 aliphatic heterocycles. The van der Waals surface area contributed by atoms with Gasteiger partial charge in [-0.05, 0) is 71.3 Å². The third-order valence-electron chi connectivity index (χ3n) is 8.29. The second-order valence-corrected chi connectivity index (χ2v) is 10.9. The van der Waals surface area contributed by atoms with Crippen molar-refractivity contribution in [1.82, 2.24) is 9.80 Å². The fourth-order valence-corrected chi connectivity index (χ4v) is 6.30. The lowest BCUT2D eigenvalue weighted by atomic mass is 9.87. The Labute approximate surface area is 220 Å². The standard InChI is InChI=1S/C34H36N2O/c37-33(17-14-26-18-20-35(21-19-26)22-27-8-3-1-4-9-27)31-16-15-30-25-36(23-28-10-5-2-6-11-28)24-29-12-7-13-32(31)34(29)30/h1-13,15-16,26H,14,17-25H2. The highest BCUT2D eigenvalue weighted by molar-refractivity contribution is 6.09. The van der Waals surface area contributed by atoms with Crippen LogP contribution in [0.1, 0.15) is 58.3 Å². The van der Waals surface area contributed by atoms with Crippen molar-refractivity contribution in [3.05, 3.63) is 119 Å². The lowest BCUT2D eigenvalue weighted by Crippen LogP contribution is -2.33. The molecule has 3 heteroatoms. The van der Waals surface area contributed by atoms with Crippen molar-refractivity contribution in [1.29, 1.82) is 0 Å². The van der Waals surface area contributed by atoms with Gasteiger partial charge in [0.25, 0.3) is 0 Å². The molecular formula is C34H36N2O. The minimum absolute atomic E-state index is 0.308. The van der Waals surface area contributed by atoms with Crippen molar-refractivity contribution in [3.8, 4) is 0 Å². The first-order chi connectivity index (χ1) is 18.2. The highest BCUT2D eigenvalue weighted by Crippen LogP contribution is 2.34. The summed E-state index contributed by atoms with van der Waals surface area (Å²) in [5.74, 6) is 0.963. The number of hydrogen-bond acceptors (Lipinski definition) is 3. The molecule has 3 nitrogen and oxygen atoms in total. The van der Waals surface area contributed by atoms with Gasteiger partial charge in [0.05, 0.1) is 0 Å². The molecule has 188 valence electrons. The fraction of sp³-hybridized carbons (Fsp3) is 0.324. The average molecular weight is 489 g/mol. The molecule has 2 aliphatic rings. The molecule has 0 saturated carbocycles. The van der Waals surface area contributed by atoms with E-state index < -0.39 is 0 Å². The number of carbonyl (C=O) groups is 1. The summed E-state index contributed by atoms with van der Waals surface area (Å²) in [5.41, 5.74) is 6.34. The third-order valence-corrected chi connectivity index (χ3v) is 8.29. The normalized spacial score (nSPS) is 16.8. The van der Waals surface area contributed by atoms with Crippen LogP contribution in [0.3, 0.4) is 0 Å². The molecule has 37 heavy (non-hydrogen) atoms. The monoisotopic (exact) mass is 488 g/mol. The van der Waals surface area contributed by atoms with Gasteiger partial charge in [-0.3, -0.25) is 14.6 Å². The van der Waals surface area contributed by atoms with Gasteiger partial charge >= 0.3 is 0 Å². The molecule has 0 radical (unpaired) electrons. The second kappa shape index (κ2) is 11.0. The molecule has 1 fully saturated rings. The van der Waals surface area contributed by atoms with Crippen molar-refractivity contribution >= 4 is 16.6 Å². The van der Waals surface area contributed by atoms with E-state index in [0.717, 1.165) is 56.6 Å². The Bertz CT molecular complexity index is 1340. The van der Waals surface area contributed by atoms with Crippen LogP contribution < -0.4 is 0 Å². The van der Waals surface area contributed by atoms with Crippen LogP contribution in [0, 0.1) is 5.92 Å². The van der Waals surface area contributed by atoms with Crippen molar-refractivity contribution in [2.75, 3.05) is 13.1 Å². The summed E-state index contributed by atoms with van der Waals surface area (Å²) in [4.78, 5) is 18.5. The quantitative estimate of drug-likeness (QED) is 0.244. The second-order valence-electron chi connectivity index (χ2n) is 10.9. The topological polar surface area (TPSA) is 23.6 Å². The van der Waals surface area contributed by atoms with Gasteiger partial charge in [0.2, 0.25) is 0 Å². The molecule has 0 aliphatic carbocycles. The van der Waals surface area contributed by atoms with Crippen LogP contribution in [0.4, 0.5) is 0 Å². The van der Waals surface area contributed by atoms with Crippen molar-refractivity contribution < 1.29 is 4.79 Å². The molecule has 1 saturated heterocycles. The van der Waals surface area contributed by atoms with E-state index in [0.29, 0.717) is 18.1 Å². The SMILES string of the molecule is O=C(CCC1CCN(Cc2ccccc2)CC1)c1ccc2c3c(cccc13)CN(Cc1ccccc1)C2. The largest absolute Gasteiger partial charge is 0.299 e. The number of likely N-dealkylation sites (tertiary alicyclic amines) is 1. The van der Waals surface area contributed by atoms with E-state index in [2.05, 4.69) is 101 Å². The van der Waals surface area contributed by atoms with Crippen LogP contribution in [0.15, 0.2) is 91.0 Å². The average Bonchev–Trinajstić information content (AvgIpc) is 2.94. The number of hydrogen-bond donors (Lipinski definition) is 0. The lowest BCUT2D eigenvalue weighted by molar-refractivity contribution is 0.0963. The maximum atomic E-state index is 13.4. The Hall–Kier alpha value is -3.27. The van der Waals surface area contributed by atoms with Crippen molar-refractivity contribution in [3.63, 3.8) is 0 Å². The van der Waals surface area contributed by atoms with Gasteiger partial charge in [-0.25, -0.2) is 0 Å². The Balaban J connectivity index is 1.08. The Morgan fingerprint density at radius 2 is 1.30 bits per heavy atom. The van der Waals surface area contributed by atoms with Crippen LogP contribution in [0.25, 0.3) is 10.8 Å². The van der Waals surface area contributed by atoms with Crippen LogP contribution in [-0.2, 0) is 26.2 Å². The minimum Gasteiger partial charge on any atom is -0.299 e. The molecule has 0 unspecified atom stereocenters. The van der Waals surface area contributed by atoms with Crippen molar-refractivity contribution in [2.24, 2.45) is 5.92 Å². The fourth-order valence-electron chi connectivity index (χ4n) is 6.30. The molecule has 4 aromatic carbocycles. The number of ketones is 1. The van der Waals surface area contributed by atoms with E-state index in [1.807, 2.05) is 0 Å². The first-order valence-corrected chi connectivity index (χ1v) is 13.8. The number of benzene rings is 4. The van der Waals surface area contributed by atoms with Crippen LogP contribution in [-0.4, -0.2) is 28.7 Å². The first-order valence-electron chi connectivity index (χ1n) is 13.8. The van der Waals surface area contributed by atoms with E-state index in [4.69, 9.17) is 0 Å². The summed E-state index contributed by atoms with van der Waals surface area (Å²) in [5, 5.41) is 2.46. The highest BCUT2D eigenvalue weighted by atomic mass is 16.1.